The maximum Gasteiger partial charge on any atom is 0.331 e. The van der Waals surface area contributed by atoms with Gasteiger partial charge in [-0.3, -0.25) is 29.0 Å². The van der Waals surface area contributed by atoms with E-state index in [4.69, 9.17) is 18.9 Å². The molecule has 30 heavy (non-hydrogen) atoms. The van der Waals surface area contributed by atoms with Crippen LogP contribution in [0.4, 0.5) is 0 Å². The Morgan fingerprint density at radius 1 is 0.700 bits per heavy atom. The normalized spacial score (nSPS) is 17.6. The van der Waals surface area contributed by atoms with Crippen LogP contribution in [0.15, 0.2) is 12.2 Å². The number of nitrogens with zero attached hydrogens (tertiary/aromatic N) is 2. The van der Waals surface area contributed by atoms with Gasteiger partial charge < -0.3 is 18.9 Å². The van der Waals surface area contributed by atoms with Crippen LogP contribution < -0.4 is 0 Å². The minimum Gasteiger partial charge on any atom is -0.462 e. The second kappa shape index (κ2) is 11.8. The molecule has 0 radical (unpaired) electrons. The van der Waals surface area contributed by atoms with E-state index in [1.54, 1.807) is 0 Å². The van der Waals surface area contributed by atoms with Crippen LogP contribution in [-0.4, -0.2) is 98.1 Å². The van der Waals surface area contributed by atoms with Gasteiger partial charge in [-0.05, 0) is 12.8 Å². The summed E-state index contributed by atoms with van der Waals surface area (Å²) in [5, 5.41) is 0. The molecule has 0 aromatic rings. The number of morpholine rings is 2. The van der Waals surface area contributed by atoms with Crippen LogP contribution in [0.3, 0.4) is 0 Å². The first kappa shape index (κ1) is 23.2. The van der Waals surface area contributed by atoms with E-state index in [-0.39, 0.29) is 65.6 Å². The number of hydrogen-bond donors (Lipinski definition) is 0. The highest BCUT2D eigenvalue weighted by Crippen LogP contribution is 2.03. The van der Waals surface area contributed by atoms with Crippen molar-refractivity contribution in [3.8, 4) is 0 Å². The molecule has 2 aliphatic rings. The largest absolute Gasteiger partial charge is 0.462 e. The maximum atomic E-state index is 11.6. The Kier molecular flexibility index (Phi) is 9.09. The molecule has 0 bridgehead atoms. The zero-order chi connectivity index (χ0) is 21.9. The van der Waals surface area contributed by atoms with Gasteiger partial charge in [0.25, 0.3) is 23.6 Å². The van der Waals surface area contributed by atoms with Crippen LogP contribution >= 0.6 is 0 Å². The van der Waals surface area contributed by atoms with Crippen LogP contribution in [0.1, 0.15) is 12.8 Å². The number of hydrogen-bond acceptors (Lipinski definition) is 10. The molecule has 2 aliphatic heterocycles. The van der Waals surface area contributed by atoms with Crippen LogP contribution in [-0.2, 0) is 47.7 Å². The molecule has 4 amide bonds. The number of rotatable bonds is 10. The number of imide groups is 2. The van der Waals surface area contributed by atoms with Crippen molar-refractivity contribution >= 4 is 35.6 Å². The lowest BCUT2D eigenvalue weighted by Crippen LogP contribution is -2.46. The lowest BCUT2D eigenvalue weighted by molar-refractivity contribution is -0.160. The van der Waals surface area contributed by atoms with Gasteiger partial charge in [0, 0.05) is 25.2 Å². The van der Waals surface area contributed by atoms with Gasteiger partial charge >= 0.3 is 11.9 Å². The quantitative estimate of drug-likeness (QED) is 0.169. The van der Waals surface area contributed by atoms with Gasteiger partial charge in [-0.15, -0.1) is 0 Å². The van der Waals surface area contributed by atoms with E-state index in [0.717, 1.165) is 22.0 Å². The van der Waals surface area contributed by atoms with Crippen molar-refractivity contribution in [2.45, 2.75) is 12.8 Å². The average Bonchev–Trinajstić information content (AvgIpc) is 2.70. The second-order valence-electron chi connectivity index (χ2n) is 6.24. The Morgan fingerprint density at radius 2 is 1.03 bits per heavy atom. The fourth-order valence-electron chi connectivity index (χ4n) is 2.56. The minimum absolute atomic E-state index is 0.0439. The molecule has 0 spiro atoms. The number of carbonyl (C=O) groups excluding carboxylic acids is 6. The summed E-state index contributed by atoms with van der Waals surface area (Å²) in [4.78, 5) is 71.2. The fraction of sp³-hybridized carbons (Fsp3) is 0.556. The fourth-order valence-corrected chi connectivity index (χ4v) is 2.56. The summed E-state index contributed by atoms with van der Waals surface area (Å²) in [6, 6.07) is 0. The summed E-state index contributed by atoms with van der Waals surface area (Å²) in [5.41, 5.74) is 0. The molecule has 0 unspecified atom stereocenters. The van der Waals surface area contributed by atoms with Crippen molar-refractivity contribution in [2.75, 3.05) is 52.7 Å². The van der Waals surface area contributed by atoms with E-state index in [2.05, 4.69) is 0 Å². The highest BCUT2D eigenvalue weighted by molar-refractivity contribution is 5.98. The van der Waals surface area contributed by atoms with Gasteiger partial charge in [0.05, 0.1) is 13.2 Å². The summed E-state index contributed by atoms with van der Waals surface area (Å²) < 4.78 is 19.3. The molecular weight excluding hydrogens is 404 g/mol. The third kappa shape index (κ3) is 7.37. The van der Waals surface area contributed by atoms with E-state index in [1.807, 2.05) is 0 Å². The lowest BCUT2D eigenvalue weighted by Gasteiger charge is -2.24. The molecule has 0 aromatic heterocycles. The number of ether oxygens (including phenoxy) is 4. The molecule has 2 fully saturated rings. The van der Waals surface area contributed by atoms with Crippen molar-refractivity contribution in [3.63, 3.8) is 0 Å². The topological polar surface area (TPSA) is 146 Å². The lowest BCUT2D eigenvalue weighted by atomic mass is 10.3. The molecule has 2 saturated heterocycles. The second-order valence-corrected chi connectivity index (χ2v) is 6.24. The number of amides is 4. The third-order valence-corrected chi connectivity index (χ3v) is 4.00. The van der Waals surface area contributed by atoms with Crippen molar-refractivity contribution in [2.24, 2.45) is 0 Å². The van der Waals surface area contributed by atoms with Gasteiger partial charge in [-0.2, -0.15) is 0 Å². The smallest absolute Gasteiger partial charge is 0.331 e. The highest BCUT2D eigenvalue weighted by atomic mass is 16.5. The number of esters is 2. The van der Waals surface area contributed by atoms with Crippen LogP contribution in [0.25, 0.3) is 0 Å². The van der Waals surface area contributed by atoms with Gasteiger partial charge in [0.2, 0.25) is 0 Å². The molecular formula is C18H22N2O10. The molecule has 0 aromatic carbocycles. The maximum absolute atomic E-state index is 11.6. The average molecular weight is 426 g/mol. The highest BCUT2D eigenvalue weighted by Gasteiger charge is 2.26. The van der Waals surface area contributed by atoms with Gasteiger partial charge in [-0.1, -0.05) is 0 Å². The van der Waals surface area contributed by atoms with Crippen LogP contribution in [0.2, 0.25) is 0 Å². The Labute approximate surface area is 171 Å². The molecule has 0 N–H and O–H groups in total. The zero-order valence-corrected chi connectivity index (χ0v) is 16.2. The van der Waals surface area contributed by atoms with Gasteiger partial charge in [0.15, 0.2) is 0 Å². The zero-order valence-electron chi connectivity index (χ0n) is 16.2. The van der Waals surface area contributed by atoms with Crippen LogP contribution in [0.5, 0.6) is 0 Å². The molecule has 2 rings (SSSR count). The molecule has 0 aliphatic carbocycles. The monoisotopic (exact) mass is 426 g/mol. The van der Waals surface area contributed by atoms with Crippen molar-refractivity contribution in [1.82, 2.24) is 9.80 Å². The van der Waals surface area contributed by atoms with Crippen molar-refractivity contribution in [3.05, 3.63) is 12.2 Å². The van der Waals surface area contributed by atoms with Gasteiger partial charge in [0.1, 0.15) is 26.4 Å². The molecule has 12 nitrogen and oxygen atoms in total. The molecule has 0 saturated carbocycles. The Hall–Kier alpha value is -3.12. The summed E-state index contributed by atoms with van der Waals surface area (Å²) in [6.45, 7) is -0.506. The predicted molar refractivity (Wildman–Crippen MR) is 95.4 cm³/mol. The third-order valence-electron chi connectivity index (χ3n) is 4.00. The summed E-state index contributed by atoms with van der Waals surface area (Å²) in [5.74, 6) is -3.33. The van der Waals surface area contributed by atoms with E-state index in [9.17, 15) is 28.8 Å². The van der Waals surface area contributed by atoms with E-state index in [0.29, 0.717) is 0 Å². The summed E-state index contributed by atoms with van der Waals surface area (Å²) in [6.07, 6.45) is 2.28. The molecule has 164 valence electrons. The Balaban J connectivity index is 1.56. The van der Waals surface area contributed by atoms with E-state index >= 15 is 0 Å². The molecule has 12 heteroatoms. The van der Waals surface area contributed by atoms with E-state index in [1.165, 1.54) is 0 Å². The molecule has 2 heterocycles. The summed E-state index contributed by atoms with van der Waals surface area (Å²) >= 11 is 0. The van der Waals surface area contributed by atoms with Crippen molar-refractivity contribution < 1.29 is 47.7 Å². The predicted octanol–water partition coefficient (Wildman–Crippen LogP) is -1.82. The SMILES string of the molecule is O=C(/C=C/C(=O)OCCCN1C(=O)COCC1=O)OCCCN1C(=O)COCC1=O. The van der Waals surface area contributed by atoms with Crippen molar-refractivity contribution in [1.29, 1.82) is 0 Å². The Bertz CT molecular complexity index is 640. The first-order valence-corrected chi connectivity index (χ1v) is 9.22. The van der Waals surface area contributed by atoms with Crippen LogP contribution in [0, 0.1) is 0 Å². The standard InChI is InChI=1S/C18H22N2O10/c21-13-9-27-10-14(22)19(13)5-1-7-29-17(25)3-4-18(26)30-8-2-6-20-15(23)11-28-12-16(20)24/h3-4H,1-2,5-12H2/b4-3+. The number of carbonyl (C=O) groups is 6. The molecule has 0 atom stereocenters. The first-order valence-electron chi connectivity index (χ1n) is 9.22. The first-order chi connectivity index (χ1) is 14.4. The minimum atomic E-state index is -0.781. The van der Waals surface area contributed by atoms with Gasteiger partial charge in [-0.25, -0.2) is 9.59 Å². The Morgan fingerprint density at radius 3 is 1.37 bits per heavy atom. The van der Waals surface area contributed by atoms with E-state index < -0.39 is 35.6 Å². The summed E-state index contributed by atoms with van der Waals surface area (Å²) in [7, 11) is 0.